The van der Waals surface area contributed by atoms with Gasteiger partial charge in [0.05, 0.1) is 11.9 Å². The Morgan fingerprint density at radius 1 is 1.25 bits per heavy atom. The maximum absolute atomic E-state index is 10.1. The minimum absolute atomic E-state index is 0.117. The molecule has 2 fully saturated rings. The second kappa shape index (κ2) is 6.41. The quantitative estimate of drug-likeness (QED) is 0.879. The minimum Gasteiger partial charge on any atom is -0.505 e. The zero-order chi connectivity index (χ0) is 16.6. The van der Waals surface area contributed by atoms with Gasteiger partial charge in [-0.1, -0.05) is 36.6 Å². The van der Waals surface area contributed by atoms with Crippen molar-refractivity contribution < 1.29 is 5.11 Å². The van der Waals surface area contributed by atoms with Gasteiger partial charge >= 0.3 is 0 Å². The Bertz CT molecular complexity index is 662. The zero-order valence-electron chi connectivity index (χ0n) is 13.8. The van der Waals surface area contributed by atoms with E-state index in [1.807, 2.05) is 12.1 Å². The van der Waals surface area contributed by atoms with E-state index in [0.717, 1.165) is 36.8 Å². The average Bonchev–Trinajstić information content (AvgIpc) is 3.08. The molecule has 5 heteroatoms. The van der Waals surface area contributed by atoms with E-state index in [0.29, 0.717) is 5.76 Å². The molecule has 128 valence electrons. The molecule has 1 saturated heterocycles. The van der Waals surface area contributed by atoms with Crippen LogP contribution in [0, 0.1) is 0 Å². The third-order valence-electron chi connectivity index (χ3n) is 5.78. The van der Waals surface area contributed by atoms with Crippen LogP contribution in [0.2, 0.25) is 5.02 Å². The van der Waals surface area contributed by atoms with Crippen LogP contribution in [-0.2, 0) is 5.41 Å². The molecule has 0 aromatic heterocycles. The molecule has 0 amide bonds. The van der Waals surface area contributed by atoms with Crippen molar-refractivity contribution in [2.24, 2.45) is 4.99 Å². The molecule has 4 nitrogen and oxygen atoms in total. The Morgan fingerprint density at radius 2 is 2.00 bits per heavy atom. The lowest BCUT2D eigenvalue weighted by atomic mass is 9.75. The van der Waals surface area contributed by atoms with E-state index >= 15 is 0 Å². The van der Waals surface area contributed by atoms with Crippen LogP contribution in [0.4, 0.5) is 0 Å². The molecule has 0 spiro atoms. The van der Waals surface area contributed by atoms with Crippen molar-refractivity contribution in [1.82, 2.24) is 10.2 Å². The maximum atomic E-state index is 10.1. The number of allylic oxidation sites excluding steroid dienone is 1. The molecule has 1 atom stereocenters. The highest BCUT2D eigenvalue weighted by molar-refractivity contribution is 6.30. The third-order valence-corrected chi connectivity index (χ3v) is 6.04. The first-order chi connectivity index (χ1) is 11.7. The van der Waals surface area contributed by atoms with E-state index in [1.54, 1.807) is 6.21 Å². The molecule has 4 rings (SSSR count). The van der Waals surface area contributed by atoms with Gasteiger partial charge < -0.3 is 15.3 Å². The van der Waals surface area contributed by atoms with E-state index < -0.39 is 0 Å². The van der Waals surface area contributed by atoms with Crippen molar-refractivity contribution in [3.8, 4) is 0 Å². The van der Waals surface area contributed by atoms with E-state index in [9.17, 15) is 5.11 Å². The molecule has 1 aliphatic carbocycles. The first kappa shape index (κ1) is 16.0. The maximum Gasteiger partial charge on any atom is 0.153 e. The summed E-state index contributed by atoms with van der Waals surface area (Å²) in [6.07, 6.45) is 7.72. The Kier molecular flexibility index (Phi) is 4.27. The number of nitrogens with zero attached hydrogens (tertiary/aromatic N) is 2. The summed E-state index contributed by atoms with van der Waals surface area (Å²) in [5.41, 5.74) is 2.55. The Morgan fingerprint density at radius 3 is 2.75 bits per heavy atom. The summed E-state index contributed by atoms with van der Waals surface area (Å²) in [4.78, 5) is 6.98. The molecule has 1 aromatic carbocycles. The average molecular weight is 346 g/mol. The van der Waals surface area contributed by atoms with Gasteiger partial charge in [-0.25, -0.2) is 0 Å². The Balaban J connectivity index is 1.62. The van der Waals surface area contributed by atoms with Crippen LogP contribution in [0.25, 0.3) is 0 Å². The number of benzene rings is 1. The van der Waals surface area contributed by atoms with Crippen LogP contribution in [0.3, 0.4) is 0 Å². The fraction of sp³-hybridized carbons (Fsp3) is 0.526. The summed E-state index contributed by atoms with van der Waals surface area (Å²) in [6, 6.07) is 8.38. The summed E-state index contributed by atoms with van der Waals surface area (Å²) in [7, 11) is 0. The van der Waals surface area contributed by atoms with Gasteiger partial charge in [0, 0.05) is 24.7 Å². The van der Waals surface area contributed by atoms with Crippen molar-refractivity contribution in [2.75, 3.05) is 19.6 Å². The van der Waals surface area contributed by atoms with E-state index in [2.05, 4.69) is 27.3 Å². The first-order valence-electron chi connectivity index (χ1n) is 8.87. The molecule has 0 bridgehead atoms. The van der Waals surface area contributed by atoms with Gasteiger partial charge in [0.2, 0.25) is 0 Å². The van der Waals surface area contributed by atoms with Gasteiger partial charge in [-0.15, -0.1) is 0 Å². The van der Waals surface area contributed by atoms with Crippen LogP contribution in [0.5, 0.6) is 0 Å². The fourth-order valence-corrected chi connectivity index (χ4v) is 4.63. The predicted molar refractivity (Wildman–Crippen MR) is 97.7 cm³/mol. The van der Waals surface area contributed by atoms with Crippen LogP contribution >= 0.6 is 11.6 Å². The van der Waals surface area contributed by atoms with Gasteiger partial charge in [-0.05, 0) is 42.4 Å². The van der Waals surface area contributed by atoms with Crippen molar-refractivity contribution in [1.29, 1.82) is 0 Å². The number of hydrogen-bond acceptors (Lipinski definition) is 4. The molecule has 2 heterocycles. The third kappa shape index (κ3) is 2.82. The van der Waals surface area contributed by atoms with Gasteiger partial charge in [0.25, 0.3) is 0 Å². The molecule has 24 heavy (non-hydrogen) atoms. The number of fused-ring (bicyclic) bond motifs is 1. The molecule has 2 N–H and O–H groups in total. The molecule has 1 saturated carbocycles. The zero-order valence-corrected chi connectivity index (χ0v) is 14.6. The van der Waals surface area contributed by atoms with Gasteiger partial charge in [0.1, 0.15) is 6.17 Å². The lowest BCUT2D eigenvalue weighted by molar-refractivity contribution is 0.171. The van der Waals surface area contributed by atoms with E-state index in [-0.39, 0.29) is 11.6 Å². The van der Waals surface area contributed by atoms with Crippen molar-refractivity contribution >= 4 is 17.8 Å². The number of nitrogens with one attached hydrogen (secondary N) is 1. The van der Waals surface area contributed by atoms with Crippen molar-refractivity contribution in [3.05, 3.63) is 46.3 Å². The van der Waals surface area contributed by atoms with Crippen LogP contribution in [-0.4, -0.2) is 42.0 Å². The van der Waals surface area contributed by atoms with Crippen molar-refractivity contribution in [3.63, 3.8) is 0 Å². The highest BCUT2D eigenvalue weighted by Crippen LogP contribution is 2.46. The second-order valence-electron chi connectivity index (χ2n) is 7.16. The van der Waals surface area contributed by atoms with E-state index in [1.165, 1.54) is 31.2 Å². The number of halogens is 1. The lowest BCUT2D eigenvalue weighted by Gasteiger charge is -2.42. The van der Waals surface area contributed by atoms with Gasteiger partial charge in [-0.3, -0.25) is 4.99 Å². The molecule has 3 aliphatic rings. The number of hydrogen-bond donors (Lipinski definition) is 2. The summed E-state index contributed by atoms with van der Waals surface area (Å²) in [6.45, 7) is 2.57. The SMILES string of the molecule is OC1=C2CNCCN2C(CC2(c3ccc(Cl)cc3)CCCC2)N=C1. The molecular weight excluding hydrogens is 322 g/mol. The number of rotatable bonds is 3. The molecular formula is C19H24ClN3O. The van der Waals surface area contributed by atoms with Crippen LogP contribution in [0.15, 0.2) is 40.7 Å². The Hall–Kier alpha value is -1.52. The summed E-state index contributed by atoms with van der Waals surface area (Å²) < 4.78 is 0. The second-order valence-corrected chi connectivity index (χ2v) is 7.60. The number of aliphatic imine (C=N–C) groups is 1. The Labute approximate surface area is 148 Å². The molecule has 1 unspecified atom stereocenters. The van der Waals surface area contributed by atoms with Gasteiger partial charge in [0.15, 0.2) is 5.76 Å². The lowest BCUT2D eigenvalue weighted by Crippen LogP contribution is -2.50. The normalized spacial score (nSPS) is 25.9. The van der Waals surface area contributed by atoms with Gasteiger partial charge in [-0.2, -0.15) is 0 Å². The number of piperazine rings is 1. The minimum atomic E-state index is 0.117. The van der Waals surface area contributed by atoms with Crippen LogP contribution in [0.1, 0.15) is 37.7 Å². The van der Waals surface area contributed by atoms with Crippen molar-refractivity contribution in [2.45, 2.75) is 43.7 Å². The summed E-state index contributed by atoms with van der Waals surface area (Å²) in [5, 5.41) is 14.3. The topological polar surface area (TPSA) is 47.9 Å². The number of aliphatic hydroxyl groups excluding tert-OH is 1. The fourth-order valence-electron chi connectivity index (χ4n) is 4.50. The van der Waals surface area contributed by atoms with Crippen LogP contribution < -0.4 is 5.32 Å². The highest BCUT2D eigenvalue weighted by Gasteiger charge is 2.40. The molecule has 0 radical (unpaired) electrons. The molecule has 1 aromatic rings. The standard InChI is InChI=1S/C19H24ClN3O/c20-15-5-3-14(4-6-15)19(7-1-2-8-19)11-18-22-13-17(24)16-12-21-9-10-23(16)18/h3-6,13,18,21,24H,1-2,7-12H2. The predicted octanol–water partition coefficient (Wildman–Crippen LogP) is 3.63. The number of aliphatic hydroxyl groups is 1. The smallest absolute Gasteiger partial charge is 0.153 e. The largest absolute Gasteiger partial charge is 0.505 e. The monoisotopic (exact) mass is 345 g/mol. The van der Waals surface area contributed by atoms with E-state index in [4.69, 9.17) is 11.6 Å². The highest BCUT2D eigenvalue weighted by atomic mass is 35.5. The molecule has 2 aliphatic heterocycles. The first-order valence-corrected chi connectivity index (χ1v) is 9.24. The summed E-state index contributed by atoms with van der Waals surface area (Å²) >= 11 is 6.09. The summed E-state index contributed by atoms with van der Waals surface area (Å²) in [5.74, 6) is 0.311.